The standard InChI is InChI=1S/C12H13NOS/c1-9-4-5-13-11(7-9)12(14)8-10-3-2-6-15-10/h2-7,12,14H,8H2,1H3. The van der Waals surface area contributed by atoms with Crippen LogP contribution < -0.4 is 0 Å². The lowest BCUT2D eigenvalue weighted by molar-refractivity contribution is 0.174. The van der Waals surface area contributed by atoms with E-state index in [0.29, 0.717) is 6.42 Å². The Bertz CT molecular complexity index is 425. The number of aromatic nitrogens is 1. The monoisotopic (exact) mass is 219 g/mol. The number of hydrogen-bond donors (Lipinski definition) is 1. The first-order chi connectivity index (χ1) is 7.25. The number of aryl methyl sites for hydroxylation is 1. The summed E-state index contributed by atoms with van der Waals surface area (Å²) in [5.41, 5.74) is 1.88. The average Bonchev–Trinajstić information content (AvgIpc) is 2.70. The molecule has 2 aromatic heterocycles. The normalized spacial score (nSPS) is 12.7. The van der Waals surface area contributed by atoms with Crippen molar-refractivity contribution in [1.82, 2.24) is 4.98 Å². The number of aliphatic hydroxyl groups is 1. The third-order valence-electron chi connectivity index (χ3n) is 2.25. The van der Waals surface area contributed by atoms with Crippen molar-refractivity contribution >= 4 is 11.3 Å². The molecule has 0 aliphatic carbocycles. The Morgan fingerprint density at radius 2 is 2.33 bits per heavy atom. The Kier molecular flexibility index (Phi) is 3.14. The highest BCUT2D eigenvalue weighted by molar-refractivity contribution is 7.09. The Morgan fingerprint density at radius 1 is 1.47 bits per heavy atom. The molecule has 0 saturated heterocycles. The molecular formula is C12H13NOS. The van der Waals surface area contributed by atoms with E-state index < -0.39 is 6.10 Å². The highest BCUT2D eigenvalue weighted by Crippen LogP contribution is 2.19. The summed E-state index contributed by atoms with van der Waals surface area (Å²) in [6.45, 7) is 2.00. The van der Waals surface area contributed by atoms with Gasteiger partial charge in [-0.25, -0.2) is 0 Å². The SMILES string of the molecule is Cc1ccnc(C(O)Cc2cccs2)c1. The lowest BCUT2D eigenvalue weighted by Gasteiger charge is -2.08. The van der Waals surface area contributed by atoms with E-state index in [1.54, 1.807) is 17.5 Å². The largest absolute Gasteiger partial charge is 0.386 e. The lowest BCUT2D eigenvalue weighted by atomic mass is 10.1. The van der Waals surface area contributed by atoms with Gasteiger partial charge in [0, 0.05) is 17.5 Å². The number of nitrogens with zero attached hydrogens (tertiary/aromatic N) is 1. The van der Waals surface area contributed by atoms with E-state index in [-0.39, 0.29) is 0 Å². The zero-order valence-corrected chi connectivity index (χ0v) is 9.37. The molecule has 0 aliphatic heterocycles. The van der Waals surface area contributed by atoms with Gasteiger partial charge in [0.2, 0.25) is 0 Å². The van der Waals surface area contributed by atoms with Crippen molar-refractivity contribution in [3.63, 3.8) is 0 Å². The molecule has 1 unspecified atom stereocenters. The van der Waals surface area contributed by atoms with Crippen LogP contribution in [0.4, 0.5) is 0 Å². The van der Waals surface area contributed by atoms with Crippen LogP contribution in [-0.4, -0.2) is 10.1 Å². The topological polar surface area (TPSA) is 33.1 Å². The Labute approximate surface area is 93.2 Å². The third kappa shape index (κ3) is 2.64. The molecule has 1 atom stereocenters. The highest BCUT2D eigenvalue weighted by Gasteiger charge is 2.10. The van der Waals surface area contributed by atoms with Crippen LogP contribution >= 0.6 is 11.3 Å². The molecule has 2 nitrogen and oxygen atoms in total. The van der Waals surface area contributed by atoms with Gasteiger partial charge in [-0.1, -0.05) is 6.07 Å². The van der Waals surface area contributed by atoms with E-state index in [1.807, 2.05) is 36.6 Å². The zero-order chi connectivity index (χ0) is 10.7. The average molecular weight is 219 g/mol. The van der Waals surface area contributed by atoms with Crippen molar-refractivity contribution in [2.75, 3.05) is 0 Å². The first kappa shape index (κ1) is 10.3. The van der Waals surface area contributed by atoms with E-state index in [2.05, 4.69) is 4.98 Å². The summed E-state index contributed by atoms with van der Waals surface area (Å²) in [7, 11) is 0. The second kappa shape index (κ2) is 4.55. The van der Waals surface area contributed by atoms with Crippen LogP contribution in [0.3, 0.4) is 0 Å². The molecule has 0 saturated carbocycles. The summed E-state index contributed by atoms with van der Waals surface area (Å²) in [5, 5.41) is 12.0. The van der Waals surface area contributed by atoms with Gasteiger partial charge < -0.3 is 5.11 Å². The van der Waals surface area contributed by atoms with Crippen molar-refractivity contribution in [3.8, 4) is 0 Å². The summed E-state index contributed by atoms with van der Waals surface area (Å²) >= 11 is 1.66. The fraction of sp³-hybridized carbons (Fsp3) is 0.250. The summed E-state index contributed by atoms with van der Waals surface area (Å²) in [5.74, 6) is 0. The molecule has 15 heavy (non-hydrogen) atoms. The maximum atomic E-state index is 9.96. The summed E-state index contributed by atoms with van der Waals surface area (Å²) in [6.07, 6.45) is 1.89. The van der Waals surface area contributed by atoms with Crippen LogP contribution in [0.2, 0.25) is 0 Å². The number of pyridine rings is 1. The van der Waals surface area contributed by atoms with E-state index in [1.165, 1.54) is 4.88 Å². The molecule has 0 amide bonds. The predicted octanol–water partition coefficient (Wildman–Crippen LogP) is 2.73. The van der Waals surface area contributed by atoms with Gasteiger partial charge in [0.1, 0.15) is 6.10 Å². The second-order valence-corrected chi connectivity index (χ2v) is 4.59. The summed E-state index contributed by atoms with van der Waals surface area (Å²) < 4.78 is 0. The molecule has 1 N–H and O–H groups in total. The van der Waals surface area contributed by atoms with Crippen LogP contribution in [-0.2, 0) is 6.42 Å². The Hall–Kier alpha value is -1.19. The highest BCUT2D eigenvalue weighted by atomic mass is 32.1. The quantitative estimate of drug-likeness (QED) is 0.861. The number of aliphatic hydroxyl groups excluding tert-OH is 1. The summed E-state index contributed by atoms with van der Waals surface area (Å²) in [6, 6.07) is 7.89. The van der Waals surface area contributed by atoms with E-state index in [0.717, 1.165) is 11.3 Å². The van der Waals surface area contributed by atoms with Gasteiger partial charge >= 0.3 is 0 Å². The van der Waals surface area contributed by atoms with Gasteiger partial charge in [0.25, 0.3) is 0 Å². The van der Waals surface area contributed by atoms with Gasteiger partial charge in [0.05, 0.1) is 5.69 Å². The molecule has 2 heterocycles. The molecule has 0 aromatic carbocycles. The Balaban J connectivity index is 2.11. The molecule has 0 bridgehead atoms. The van der Waals surface area contributed by atoms with Gasteiger partial charge in [-0.3, -0.25) is 4.98 Å². The fourth-order valence-corrected chi connectivity index (χ4v) is 2.21. The van der Waals surface area contributed by atoms with E-state index in [4.69, 9.17) is 0 Å². The van der Waals surface area contributed by atoms with Crippen LogP contribution in [0.25, 0.3) is 0 Å². The van der Waals surface area contributed by atoms with E-state index >= 15 is 0 Å². The lowest BCUT2D eigenvalue weighted by Crippen LogP contribution is -2.03. The van der Waals surface area contributed by atoms with Crippen molar-refractivity contribution in [2.45, 2.75) is 19.4 Å². The molecule has 2 aromatic rings. The minimum Gasteiger partial charge on any atom is -0.386 e. The third-order valence-corrected chi connectivity index (χ3v) is 3.15. The van der Waals surface area contributed by atoms with Crippen LogP contribution in [0.5, 0.6) is 0 Å². The minimum atomic E-state index is -0.497. The van der Waals surface area contributed by atoms with Gasteiger partial charge in [-0.15, -0.1) is 11.3 Å². The van der Waals surface area contributed by atoms with Crippen molar-refractivity contribution in [1.29, 1.82) is 0 Å². The van der Waals surface area contributed by atoms with Gasteiger partial charge in [-0.2, -0.15) is 0 Å². The van der Waals surface area contributed by atoms with E-state index in [9.17, 15) is 5.11 Å². The number of thiophene rings is 1. The fourth-order valence-electron chi connectivity index (χ4n) is 1.47. The maximum absolute atomic E-state index is 9.96. The first-order valence-corrected chi connectivity index (χ1v) is 5.76. The molecule has 0 radical (unpaired) electrons. The smallest absolute Gasteiger partial charge is 0.101 e. The molecule has 0 spiro atoms. The van der Waals surface area contributed by atoms with Crippen LogP contribution in [0.1, 0.15) is 22.2 Å². The van der Waals surface area contributed by atoms with Crippen LogP contribution in [0.15, 0.2) is 35.8 Å². The van der Waals surface area contributed by atoms with Crippen molar-refractivity contribution in [2.24, 2.45) is 0 Å². The van der Waals surface area contributed by atoms with Gasteiger partial charge in [0.15, 0.2) is 0 Å². The molecule has 2 rings (SSSR count). The number of hydrogen-bond acceptors (Lipinski definition) is 3. The Morgan fingerprint density at radius 3 is 3.00 bits per heavy atom. The molecule has 0 aliphatic rings. The summed E-state index contributed by atoms with van der Waals surface area (Å²) in [4.78, 5) is 5.36. The minimum absolute atomic E-state index is 0.497. The molecule has 0 fully saturated rings. The maximum Gasteiger partial charge on any atom is 0.101 e. The van der Waals surface area contributed by atoms with Gasteiger partial charge in [-0.05, 0) is 36.1 Å². The first-order valence-electron chi connectivity index (χ1n) is 4.89. The van der Waals surface area contributed by atoms with Crippen molar-refractivity contribution in [3.05, 3.63) is 52.0 Å². The molecular weight excluding hydrogens is 206 g/mol. The second-order valence-electron chi connectivity index (χ2n) is 3.56. The van der Waals surface area contributed by atoms with Crippen LogP contribution in [0, 0.1) is 6.92 Å². The molecule has 3 heteroatoms. The number of rotatable bonds is 3. The predicted molar refractivity (Wildman–Crippen MR) is 62.0 cm³/mol. The molecule has 78 valence electrons. The zero-order valence-electron chi connectivity index (χ0n) is 8.55. The van der Waals surface area contributed by atoms with Crippen molar-refractivity contribution < 1.29 is 5.11 Å².